The summed E-state index contributed by atoms with van der Waals surface area (Å²) in [5.74, 6) is 1.30. The maximum Gasteiger partial charge on any atom is 0.322 e. The Bertz CT molecular complexity index is 1040. The van der Waals surface area contributed by atoms with Crippen LogP contribution in [-0.4, -0.2) is 47.5 Å². The van der Waals surface area contributed by atoms with E-state index in [0.717, 1.165) is 36.6 Å². The second kappa shape index (κ2) is 9.19. The Morgan fingerprint density at radius 1 is 0.971 bits per heavy atom. The molecular formula is C28H36N2O2SSi. The van der Waals surface area contributed by atoms with Crippen LogP contribution in [-0.2, 0) is 11.3 Å². The zero-order valence-electron chi connectivity index (χ0n) is 20.6. The molecule has 4 atom stereocenters. The van der Waals surface area contributed by atoms with Crippen LogP contribution in [0, 0.1) is 5.41 Å². The fourth-order valence-corrected chi connectivity index (χ4v) is 10.6. The van der Waals surface area contributed by atoms with Gasteiger partial charge >= 0.3 is 6.03 Å². The first-order chi connectivity index (χ1) is 16.3. The average molecular weight is 493 g/mol. The van der Waals surface area contributed by atoms with E-state index in [1.54, 1.807) is 0 Å². The molecule has 0 aromatic heterocycles. The molecule has 3 fully saturated rings. The molecule has 2 heterocycles. The molecule has 34 heavy (non-hydrogen) atoms. The van der Waals surface area contributed by atoms with Crippen molar-refractivity contribution in [3.8, 4) is 0 Å². The molecule has 2 aromatic rings. The predicted molar refractivity (Wildman–Crippen MR) is 142 cm³/mol. The van der Waals surface area contributed by atoms with Crippen LogP contribution in [0.25, 0.3) is 0 Å². The minimum atomic E-state index is -1.58. The third-order valence-corrected chi connectivity index (χ3v) is 10.8. The van der Waals surface area contributed by atoms with Gasteiger partial charge in [-0.1, -0.05) is 86.7 Å². The van der Waals surface area contributed by atoms with E-state index in [0.29, 0.717) is 18.7 Å². The number of ketones is 1. The molecule has 0 spiro atoms. The standard InChI is InChI=1S/C28H36N2O2SSi/c1-34(2,3)20-28(17-11-10-16-24(28)31)25-23-19-33-26(22-14-8-5-9-15-22)30(23)27(32)29(25)18-21-12-6-4-7-13-21/h4-9,12-15,23,25-26H,10-11,16-20H2,1-3H3/t23-,25-,26+,28?/m1/s1. The van der Waals surface area contributed by atoms with E-state index in [9.17, 15) is 9.59 Å². The normalized spacial score (nSPS) is 29.6. The molecular weight excluding hydrogens is 456 g/mol. The monoisotopic (exact) mass is 492 g/mol. The maximum absolute atomic E-state index is 14.2. The van der Waals surface area contributed by atoms with Crippen molar-refractivity contribution in [2.75, 3.05) is 5.75 Å². The number of benzene rings is 2. The van der Waals surface area contributed by atoms with Gasteiger partial charge in [0.15, 0.2) is 0 Å². The Kier molecular flexibility index (Phi) is 6.40. The van der Waals surface area contributed by atoms with Crippen molar-refractivity contribution in [3.63, 3.8) is 0 Å². The summed E-state index contributed by atoms with van der Waals surface area (Å²) in [5, 5.41) is 0.0181. The smallest absolute Gasteiger partial charge is 0.314 e. The summed E-state index contributed by atoms with van der Waals surface area (Å²) < 4.78 is 0. The Hall–Kier alpha value is -2.05. The summed E-state index contributed by atoms with van der Waals surface area (Å²) in [6.07, 6.45) is 3.66. The fraction of sp³-hybridized carbons (Fsp3) is 0.500. The largest absolute Gasteiger partial charge is 0.322 e. The number of carbonyl (C=O) groups is 2. The molecule has 2 saturated heterocycles. The third kappa shape index (κ3) is 4.24. The van der Waals surface area contributed by atoms with Crippen LogP contribution in [0.1, 0.15) is 42.2 Å². The Morgan fingerprint density at radius 2 is 1.65 bits per heavy atom. The highest BCUT2D eigenvalue weighted by molar-refractivity contribution is 7.99. The Balaban J connectivity index is 1.60. The number of fused-ring (bicyclic) bond motifs is 1. The number of hydrogen-bond acceptors (Lipinski definition) is 3. The molecule has 2 aromatic carbocycles. The number of hydrogen-bond donors (Lipinski definition) is 0. The molecule has 0 bridgehead atoms. The van der Waals surface area contributed by atoms with Gasteiger partial charge in [0.25, 0.3) is 0 Å². The first-order valence-corrected chi connectivity index (χ1v) is 17.4. The Labute approximate surface area is 209 Å². The van der Waals surface area contributed by atoms with Gasteiger partial charge in [-0.15, -0.1) is 11.8 Å². The van der Waals surface area contributed by atoms with Crippen LogP contribution in [0.5, 0.6) is 0 Å². The van der Waals surface area contributed by atoms with Gasteiger partial charge < -0.3 is 9.80 Å². The summed E-state index contributed by atoms with van der Waals surface area (Å²) in [7, 11) is -1.58. The summed E-state index contributed by atoms with van der Waals surface area (Å²) in [5.41, 5.74) is 1.90. The van der Waals surface area contributed by atoms with Gasteiger partial charge in [-0.2, -0.15) is 0 Å². The van der Waals surface area contributed by atoms with Crippen LogP contribution in [0.15, 0.2) is 60.7 Å². The number of amides is 2. The zero-order valence-corrected chi connectivity index (χ0v) is 22.4. The molecule has 4 nitrogen and oxygen atoms in total. The predicted octanol–water partition coefficient (Wildman–Crippen LogP) is 6.57. The van der Waals surface area contributed by atoms with Crippen molar-refractivity contribution >= 4 is 31.7 Å². The van der Waals surface area contributed by atoms with E-state index < -0.39 is 13.5 Å². The van der Waals surface area contributed by atoms with E-state index in [2.05, 4.69) is 65.8 Å². The first kappa shape index (κ1) is 23.7. The molecule has 3 aliphatic rings. The topological polar surface area (TPSA) is 40.6 Å². The zero-order chi connectivity index (χ0) is 23.9. The molecule has 180 valence electrons. The summed E-state index contributed by atoms with van der Waals surface area (Å²) in [6.45, 7) is 7.71. The van der Waals surface area contributed by atoms with Crippen molar-refractivity contribution in [3.05, 3.63) is 71.8 Å². The molecule has 2 aliphatic heterocycles. The lowest BCUT2D eigenvalue weighted by Gasteiger charge is -2.47. The van der Waals surface area contributed by atoms with Crippen LogP contribution in [0.2, 0.25) is 25.7 Å². The van der Waals surface area contributed by atoms with Crippen LogP contribution in [0.4, 0.5) is 4.79 Å². The van der Waals surface area contributed by atoms with Crippen molar-refractivity contribution < 1.29 is 9.59 Å². The lowest BCUT2D eigenvalue weighted by Crippen LogP contribution is -2.57. The van der Waals surface area contributed by atoms with Crippen molar-refractivity contribution in [1.82, 2.24) is 9.80 Å². The van der Waals surface area contributed by atoms with E-state index >= 15 is 0 Å². The minimum absolute atomic E-state index is 0.0181. The van der Waals surface area contributed by atoms with Gasteiger partial charge in [0, 0.05) is 32.2 Å². The molecule has 0 radical (unpaired) electrons. The van der Waals surface area contributed by atoms with Crippen LogP contribution >= 0.6 is 11.8 Å². The summed E-state index contributed by atoms with van der Waals surface area (Å²) >= 11 is 1.86. The highest BCUT2D eigenvalue weighted by Crippen LogP contribution is 2.55. The van der Waals surface area contributed by atoms with Gasteiger partial charge in [-0.25, -0.2) is 4.79 Å². The quantitative estimate of drug-likeness (QED) is 0.428. The number of carbonyl (C=O) groups excluding carboxylic acids is 2. The summed E-state index contributed by atoms with van der Waals surface area (Å²) in [4.78, 5) is 32.3. The molecule has 1 aliphatic carbocycles. The van der Waals surface area contributed by atoms with E-state index in [1.165, 1.54) is 5.56 Å². The molecule has 1 saturated carbocycles. The fourth-order valence-electron chi connectivity index (χ4n) is 6.64. The molecule has 0 N–H and O–H groups in total. The van der Waals surface area contributed by atoms with Crippen molar-refractivity contribution in [2.45, 2.75) is 75.4 Å². The third-order valence-electron chi connectivity index (χ3n) is 7.73. The lowest BCUT2D eigenvalue weighted by molar-refractivity contribution is -0.134. The van der Waals surface area contributed by atoms with Gasteiger partial charge in [0.05, 0.1) is 12.1 Å². The second-order valence-electron chi connectivity index (χ2n) is 11.4. The highest BCUT2D eigenvalue weighted by Gasteiger charge is 2.62. The number of Topliss-reactive ketones (excluding diaryl/α,β-unsaturated/α-hetero) is 1. The van der Waals surface area contributed by atoms with Crippen LogP contribution in [0.3, 0.4) is 0 Å². The lowest BCUT2D eigenvalue weighted by atomic mass is 9.67. The molecule has 6 heteroatoms. The first-order valence-electron chi connectivity index (χ1n) is 12.6. The van der Waals surface area contributed by atoms with Crippen molar-refractivity contribution in [1.29, 1.82) is 0 Å². The number of rotatable bonds is 6. The Morgan fingerprint density at radius 3 is 2.29 bits per heavy atom. The van der Waals surface area contributed by atoms with Crippen LogP contribution < -0.4 is 0 Å². The van der Waals surface area contributed by atoms with Crippen molar-refractivity contribution in [2.24, 2.45) is 5.41 Å². The highest BCUT2D eigenvalue weighted by atomic mass is 32.2. The SMILES string of the molecule is C[Si](C)(C)CC1([C@H]2[C@H]3CS[C@@H](c4ccccc4)N3C(=O)N2Cc2ccccc2)CCCCC1=O. The van der Waals surface area contributed by atoms with E-state index in [4.69, 9.17) is 0 Å². The number of thioether (sulfide) groups is 1. The average Bonchev–Trinajstić information content (AvgIpc) is 3.35. The molecule has 5 rings (SSSR count). The van der Waals surface area contributed by atoms with Gasteiger partial charge in [-0.3, -0.25) is 4.79 Å². The maximum atomic E-state index is 14.2. The van der Waals surface area contributed by atoms with Gasteiger partial charge in [0.1, 0.15) is 11.2 Å². The molecule has 1 unspecified atom stereocenters. The minimum Gasteiger partial charge on any atom is -0.314 e. The van der Waals surface area contributed by atoms with E-state index in [1.807, 2.05) is 36.0 Å². The summed E-state index contributed by atoms with van der Waals surface area (Å²) in [6, 6.07) is 21.8. The van der Waals surface area contributed by atoms with E-state index in [-0.39, 0.29) is 23.5 Å². The number of nitrogens with zero attached hydrogens (tertiary/aromatic N) is 2. The van der Waals surface area contributed by atoms with Gasteiger partial charge in [0.2, 0.25) is 0 Å². The molecule has 2 amide bonds. The number of urea groups is 1. The second-order valence-corrected chi connectivity index (χ2v) is 18.0. The van der Waals surface area contributed by atoms with Gasteiger partial charge in [-0.05, 0) is 30.0 Å².